The Morgan fingerprint density at radius 3 is 2.62 bits per heavy atom. The Morgan fingerprint density at radius 2 is 2.12 bits per heavy atom. The van der Waals surface area contributed by atoms with Crippen LogP contribution in [0, 0.1) is 6.92 Å². The molecule has 0 spiro atoms. The molecular weight excluding hydrogens is 268 g/mol. The zero-order chi connectivity index (χ0) is 12.2. The molecule has 2 N–H and O–H groups in total. The summed E-state index contributed by atoms with van der Waals surface area (Å²) in [7, 11) is -3.40. The van der Waals surface area contributed by atoms with E-state index in [4.69, 9.17) is 11.6 Å². The molecule has 7 heteroatoms. The summed E-state index contributed by atoms with van der Waals surface area (Å²) in [5.41, 5.74) is 0.790. The van der Waals surface area contributed by atoms with E-state index in [0.29, 0.717) is 17.4 Å². The minimum atomic E-state index is -3.40. The first-order valence-electron chi connectivity index (χ1n) is 4.93. The van der Waals surface area contributed by atoms with Gasteiger partial charge in [-0.05, 0) is 25.1 Å². The van der Waals surface area contributed by atoms with E-state index in [-0.39, 0.29) is 4.21 Å². The van der Waals surface area contributed by atoms with Gasteiger partial charge in [0.1, 0.15) is 4.21 Å². The summed E-state index contributed by atoms with van der Waals surface area (Å²) in [5, 5.41) is 3.04. The first-order valence-corrected chi connectivity index (χ1v) is 7.61. The SMILES string of the molecule is CCNCCNS(=O)(=O)c1cc(C)c(Cl)s1. The Bertz CT molecular complexity index is 423. The Morgan fingerprint density at radius 1 is 1.44 bits per heavy atom. The lowest BCUT2D eigenvalue weighted by atomic mass is 10.4. The predicted octanol–water partition coefficient (Wildman–Crippen LogP) is 1.60. The molecule has 92 valence electrons. The van der Waals surface area contributed by atoms with Gasteiger partial charge in [-0.3, -0.25) is 0 Å². The summed E-state index contributed by atoms with van der Waals surface area (Å²) in [4.78, 5) is 0. The minimum absolute atomic E-state index is 0.270. The van der Waals surface area contributed by atoms with Crippen LogP contribution in [-0.4, -0.2) is 28.1 Å². The zero-order valence-corrected chi connectivity index (χ0v) is 11.6. The van der Waals surface area contributed by atoms with Crippen LogP contribution in [0.2, 0.25) is 4.34 Å². The topological polar surface area (TPSA) is 58.2 Å². The number of aryl methyl sites for hydroxylation is 1. The fraction of sp³-hybridized carbons (Fsp3) is 0.556. The van der Waals surface area contributed by atoms with Gasteiger partial charge >= 0.3 is 0 Å². The van der Waals surface area contributed by atoms with Crippen LogP contribution in [0.15, 0.2) is 10.3 Å². The molecule has 0 radical (unpaired) electrons. The van der Waals surface area contributed by atoms with Crippen molar-refractivity contribution < 1.29 is 8.42 Å². The number of thiophene rings is 1. The van der Waals surface area contributed by atoms with Gasteiger partial charge in [-0.2, -0.15) is 0 Å². The van der Waals surface area contributed by atoms with E-state index in [1.165, 1.54) is 0 Å². The molecule has 0 aliphatic carbocycles. The molecule has 1 aromatic heterocycles. The van der Waals surface area contributed by atoms with E-state index in [1.807, 2.05) is 6.92 Å². The second-order valence-corrected chi connectivity index (χ2v) is 6.92. The zero-order valence-electron chi connectivity index (χ0n) is 9.21. The van der Waals surface area contributed by atoms with Crippen molar-refractivity contribution in [3.8, 4) is 0 Å². The van der Waals surface area contributed by atoms with Gasteiger partial charge in [-0.25, -0.2) is 13.1 Å². The standard InChI is InChI=1S/C9H15ClN2O2S2/c1-3-11-4-5-12-16(13,14)8-6-7(2)9(10)15-8/h6,11-12H,3-5H2,1-2H3. The van der Waals surface area contributed by atoms with Crippen LogP contribution in [0.1, 0.15) is 12.5 Å². The summed E-state index contributed by atoms with van der Waals surface area (Å²) in [5.74, 6) is 0. The maximum absolute atomic E-state index is 11.8. The fourth-order valence-corrected chi connectivity index (χ4v) is 3.87. The molecule has 4 nitrogen and oxygen atoms in total. The largest absolute Gasteiger partial charge is 0.316 e. The molecule has 0 aromatic carbocycles. The van der Waals surface area contributed by atoms with E-state index < -0.39 is 10.0 Å². The van der Waals surface area contributed by atoms with Crippen LogP contribution in [0.3, 0.4) is 0 Å². The van der Waals surface area contributed by atoms with Gasteiger partial charge in [0.25, 0.3) is 0 Å². The summed E-state index contributed by atoms with van der Waals surface area (Å²) in [6, 6.07) is 1.59. The maximum Gasteiger partial charge on any atom is 0.250 e. The maximum atomic E-state index is 11.8. The van der Waals surface area contributed by atoms with Crippen LogP contribution < -0.4 is 10.0 Å². The first kappa shape index (κ1) is 13.9. The van der Waals surface area contributed by atoms with Crippen molar-refractivity contribution in [2.24, 2.45) is 0 Å². The third-order valence-corrected chi connectivity index (χ3v) is 5.43. The monoisotopic (exact) mass is 282 g/mol. The van der Waals surface area contributed by atoms with Crippen molar-refractivity contribution in [3.63, 3.8) is 0 Å². The number of halogens is 1. The highest BCUT2D eigenvalue weighted by molar-refractivity contribution is 7.91. The Labute approximate surface area is 105 Å². The van der Waals surface area contributed by atoms with Crippen LogP contribution in [0.5, 0.6) is 0 Å². The van der Waals surface area contributed by atoms with Gasteiger partial charge < -0.3 is 5.32 Å². The average Bonchev–Trinajstić information content (AvgIpc) is 2.55. The first-order chi connectivity index (χ1) is 7.47. The molecule has 0 aliphatic rings. The summed E-state index contributed by atoms with van der Waals surface area (Å²) < 4.78 is 26.9. The molecule has 0 atom stereocenters. The van der Waals surface area contributed by atoms with Gasteiger partial charge in [0.15, 0.2) is 0 Å². The van der Waals surface area contributed by atoms with E-state index in [9.17, 15) is 8.42 Å². The fourth-order valence-electron chi connectivity index (χ4n) is 1.09. The van der Waals surface area contributed by atoms with Crippen LogP contribution in [-0.2, 0) is 10.0 Å². The van der Waals surface area contributed by atoms with Crippen LogP contribution >= 0.6 is 22.9 Å². The van der Waals surface area contributed by atoms with Gasteiger partial charge in [0.2, 0.25) is 10.0 Å². The van der Waals surface area contributed by atoms with Crippen molar-refractivity contribution in [3.05, 3.63) is 16.0 Å². The van der Waals surface area contributed by atoms with Crippen molar-refractivity contribution in [1.82, 2.24) is 10.0 Å². The predicted molar refractivity (Wildman–Crippen MR) is 67.8 cm³/mol. The van der Waals surface area contributed by atoms with E-state index in [0.717, 1.165) is 23.4 Å². The summed E-state index contributed by atoms with van der Waals surface area (Å²) in [6.45, 7) is 5.58. The summed E-state index contributed by atoms with van der Waals surface area (Å²) in [6.07, 6.45) is 0. The Hall–Kier alpha value is -0.140. The van der Waals surface area contributed by atoms with Crippen molar-refractivity contribution in [1.29, 1.82) is 0 Å². The number of hydrogen-bond acceptors (Lipinski definition) is 4. The molecular formula is C9H15ClN2O2S2. The second kappa shape index (κ2) is 5.97. The highest BCUT2D eigenvalue weighted by Gasteiger charge is 2.17. The molecule has 0 fully saturated rings. The van der Waals surface area contributed by atoms with E-state index >= 15 is 0 Å². The Kier molecular flexibility index (Phi) is 5.20. The van der Waals surface area contributed by atoms with Gasteiger partial charge in [-0.1, -0.05) is 18.5 Å². The van der Waals surface area contributed by atoms with Crippen molar-refractivity contribution in [2.45, 2.75) is 18.1 Å². The quantitative estimate of drug-likeness (QED) is 0.779. The third kappa shape index (κ3) is 3.71. The highest BCUT2D eigenvalue weighted by Crippen LogP contribution is 2.29. The average molecular weight is 283 g/mol. The van der Waals surface area contributed by atoms with Crippen LogP contribution in [0.4, 0.5) is 0 Å². The van der Waals surface area contributed by atoms with Gasteiger partial charge in [-0.15, -0.1) is 11.3 Å². The molecule has 0 amide bonds. The molecule has 0 saturated heterocycles. The molecule has 16 heavy (non-hydrogen) atoms. The van der Waals surface area contributed by atoms with Gasteiger partial charge in [0, 0.05) is 13.1 Å². The molecule has 0 unspecified atom stereocenters. The Balaban J connectivity index is 2.64. The molecule has 0 saturated carbocycles. The molecule has 1 aromatic rings. The lowest BCUT2D eigenvalue weighted by molar-refractivity contribution is 0.579. The number of nitrogens with one attached hydrogen (secondary N) is 2. The number of sulfonamides is 1. The lowest BCUT2D eigenvalue weighted by Gasteiger charge is -2.04. The second-order valence-electron chi connectivity index (χ2n) is 3.27. The minimum Gasteiger partial charge on any atom is -0.316 e. The smallest absolute Gasteiger partial charge is 0.250 e. The summed E-state index contributed by atoms with van der Waals surface area (Å²) >= 11 is 6.91. The molecule has 1 rings (SSSR count). The molecule has 0 aliphatic heterocycles. The number of likely N-dealkylation sites (N-methyl/N-ethyl adjacent to an activating group) is 1. The third-order valence-electron chi connectivity index (χ3n) is 1.94. The lowest BCUT2D eigenvalue weighted by Crippen LogP contribution is -2.31. The molecule has 1 heterocycles. The normalized spacial score (nSPS) is 11.9. The number of rotatable bonds is 6. The number of hydrogen-bond donors (Lipinski definition) is 2. The van der Waals surface area contributed by atoms with E-state index in [2.05, 4.69) is 10.0 Å². The van der Waals surface area contributed by atoms with Crippen molar-refractivity contribution in [2.75, 3.05) is 19.6 Å². The van der Waals surface area contributed by atoms with Crippen molar-refractivity contribution >= 4 is 33.0 Å². The van der Waals surface area contributed by atoms with E-state index in [1.54, 1.807) is 13.0 Å². The highest BCUT2D eigenvalue weighted by atomic mass is 35.5. The van der Waals surface area contributed by atoms with Crippen LogP contribution in [0.25, 0.3) is 0 Å². The molecule has 0 bridgehead atoms. The van der Waals surface area contributed by atoms with Gasteiger partial charge in [0.05, 0.1) is 4.34 Å².